The van der Waals surface area contributed by atoms with Crippen LogP contribution in [0.5, 0.6) is 5.75 Å². The SMILES string of the molecule is BC(C)(C)c1c(F)cc(O)cc1F. The van der Waals surface area contributed by atoms with Crippen molar-refractivity contribution in [2.75, 3.05) is 0 Å². The lowest BCUT2D eigenvalue weighted by molar-refractivity contribution is 0.451. The van der Waals surface area contributed by atoms with E-state index in [1.54, 1.807) is 21.7 Å². The van der Waals surface area contributed by atoms with Crippen molar-refractivity contribution in [3.63, 3.8) is 0 Å². The van der Waals surface area contributed by atoms with E-state index in [9.17, 15) is 8.78 Å². The van der Waals surface area contributed by atoms with Gasteiger partial charge >= 0.3 is 0 Å². The van der Waals surface area contributed by atoms with Crippen molar-refractivity contribution < 1.29 is 13.9 Å². The van der Waals surface area contributed by atoms with E-state index in [0.29, 0.717) is 0 Å². The van der Waals surface area contributed by atoms with Crippen molar-refractivity contribution in [2.24, 2.45) is 0 Å². The topological polar surface area (TPSA) is 20.2 Å². The Hall–Kier alpha value is -1.06. The molecule has 0 saturated carbocycles. The van der Waals surface area contributed by atoms with Gasteiger partial charge in [-0.3, -0.25) is 0 Å². The summed E-state index contributed by atoms with van der Waals surface area (Å²) in [5.41, 5.74) is 0.00491. The van der Waals surface area contributed by atoms with Gasteiger partial charge in [0.15, 0.2) is 0 Å². The molecular formula is C9H11BF2O. The van der Waals surface area contributed by atoms with Crippen LogP contribution in [0.15, 0.2) is 12.1 Å². The summed E-state index contributed by atoms with van der Waals surface area (Å²) in [7, 11) is 1.71. The second-order valence-corrected chi connectivity index (χ2v) is 4.03. The first kappa shape index (κ1) is 10.0. The summed E-state index contributed by atoms with van der Waals surface area (Å²) < 4.78 is 26.4. The number of rotatable bonds is 1. The number of halogens is 2. The van der Waals surface area contributed by atoms with E-state index in [4.69, 9.17) is 5.11 Å². The maximum absolute atomic E-state index is 13.2. The Balaban J connectivity index is 3.38. The maximum atomic E-state index is 13.2. The van der Waals surface area contributed by atoms with Crippen molar-refractivity contribution in [1.82, 2.24) is 0 Å². The highest BCUT2D eigenvalue weighted by molar-refractivity contribution is 6.15. The first-order valence-corrected chi connectivity index (χ1v) is 4.01. The van der Waals surface area contributed by atoms with Gasteiger partial charge < -0.3 is 5.11 Å². The van der Waals surface area contributed by atoms with Crippen LogP contribution in [0.1, 0.15) is 19.4 Å². The van der Waals surface area contributed by atoms with Gasteiger partial charge in [0, 0.05) is 17.7 Å². The van der Waals surface area contributed by atoms with Crippen molar-refractivity contribution in [3.05, 3.63) is 29.3 Å². The highest BCUT2D eigenvalue weighted by atomic mass is 19.1. The van der Waals surface area contributed by atoms with Gasteiger partial charge in [-0.2, -0.15) is 0 Å². The van der Waals surface area contributed by atoms with E-state index < -0.39 is 16.9 Å². The molecule has 0 amide bonds. The Bertz CT molecular complexity index is 308. The standard InChI is InChI=1S/C9H11BF2O/c1-9(2,10)8-6(11)3-5(13)4-7(8)12/h3-4,13H,10H2,1-2H3. The molecule has 0 atom stereocenters. The van der Waals surface area contributed by atoms with Crippen molar-refractivity contribution in [1.29, 1.82) is 0 Å². The summed E-state index contributed by atoms with van der Waals surface area (Å²) in [6.45, 7) is 3.43. The Morgan fingerprint density at radius 1 is 1.23 bits per heavy atom. The van der Waals surface area contributed by atoms with Crippen LogP contribution in [-0.4, -0.2) is 13.0 Å². The molecule has 1 aromatic carbocycles. The summed E-state index contributed by atoms with van der Waals surface area (Å²) in [6.07, 6.45) is 0. The molecule has 0 aromatic heterocycles. The van der Waals surface area contributed by atoms with Gasteiger partial charge in [-0.05, 0) is 5.31 Å². The normalized spacial score (nSPS) is 11.7. The summed E-state index contributed by atoms with van der Waals surface area (Å²) in [6, 6.07) is 1.84. The lowest BCUT2D eigenvalue weighted by Crippen LogP contribution is -2.20. The van der Waals surface area contributed by atoms with Crippen LogP contribution in [0.2, 0.25) is 0 Å². The lowest BCUT2D eigenvalue weighted by atomic mass is 9.67. The fourth-order valence-electron chi connectivity index (χ4n) is 1.28. The van der Waals surface area contributed by atoms with E-state index >= 15 is 0 Å². The molecule has 13 heavy (non-hydrogen) atoms. The summed E-state index contributed by atoms with van der Waals surface area (Å²) in [5, 5.41) is 8.31. The third kappa shape index (κ3) is 2.00. The van der Waals surface area contributed by atoms with Crippen molar-refractivity contribution in [3.8, 4) is 5.75 Å². The van der Waals surface area contributed by atoms with Crippen LogP contribution in [0.3, 0.4) is 0 Å². The molecule has 1 rings (SSSR count). The summed E-state index contributed by atoms with van der Waals surface area (Å²) in [4.78, 5) is 0. The number of hydrogen-bond donors (Lipinski definition) is 1. The minimum atomic E-state index is -0.704. The third-order valence-corrected chi connectivity index (χ3v) is 1.78. The van der Waals surface area contributed by atoms with E-state index in [1.807, 2.05) is 0 Å². The van der Waals surface area contributed by atoms with Gasteiger partial charge in [0.25, 0.3) is 0 Å². The summed E-state index contributed by atoms with van der Waals surface area (Å²) >= 11 is 0. The van der Waals surface area contributed by atoms with Gasteiger partial charge in [-0.1, -0.05) is 13.8 Å². The number of hydrogen-bond acceptors (Lipinski definition) is 1. The van der Waals surface area contributed by atoms with Gasteiger partial charge in [0.05, 0.1) is 0 Å². The molecule has 0 saturated heterocycles. The highest BCUT2D eigenvalue weighted by Gasteiger charge is 2.23. The molecule has 1 nitrogen and oxygen atoms in total. The predicted octanol–water partition coefficient (Wildman–Crippen LogP) is 1.54. The molecule has 0 radical (unpaired) electrons. The van der Waals surface area contributed by atoms with Crippen LogP contribution in [0, 0.1) is 11.6 Å². The molecule has 0 aliphatic heterocycles. The molecule has 0 aliphatic rings. The van der Waals surface area contributed by atoms with Crippen LogP contribution in [0.4, 0.5) is 8.78 Å². The molecule has 0 spiro atoms. The first-order valence-electron chi connectivity index (χ1n) is 4.01. The van der Waals surface area contributed by atoms with Gasteiger partial charge in [-0.25, -0.2) is 8.78 Å². The average molecular weight is 184 g/mol. The Kier molecular flexibility index (Phi) is 2.33. The fraction of sp³-hybridized carbons (Fsp3) is 0.333. The van der Waals surface area contributed by atoms with Crippen molar-refractivity contribution >= 4 is 7.85 Å². The van der Waals surface area contributed by atoms with E-state index in [-0.39, 0.29) is 11.3 Å². The lowest BCUT2D eigenvalue weighted by Gasteiger charge is -2.20. The Morgan fingerprint density at radius 3 is 1.92 bits per heavy atom. The largest absolute Gasteiger partial charge is 0.508 e. The quantitative estimate of drug-likeness (QED) is 0.656. The molecule has 1 aromatic rings. The highest BCUT2D eigenvalue weighted by Crippen LogP contribution is 2.28. The number of phenolic OH excluding ortho intramolecular Hbond substituents is 1. The molecule has 0 heterocycles. The minimum absolute atomic E-state index is 0.00491. The van der Waals surface area contributed by atoms with E-state index in [0.717, 1.165) is 12.1 Å². The van der Waals surface area contributed by atoms with Crippen LogP contribution < -0.4 is 0 Å². The van der Waals surface area contributed by atoms with Gasteiger partial charge in [-0.15, -0.1) is 0 Å². The molecular weight excluding hydrogens is 173 g/mol. The molecule has 0 fully saturated rings. The zero-order valence-electron chi connectivity index (χ0n) is 7.86. The van der Waals surface area contributed by atoms with Crippen LogP contribution in [0.25, 0.3) is 0 Å². The second kappa shape index (κ2) is 3.02. The summed E-state index contributed by atoms with van der Waals surface area (Å²) in [5.74, 6) is -1.79. The monoisotopic (exact) mass is 184 g/mol. The first-order chi connectivity index (χ1) is 5.82. The average Bonchev–Trinajstić information content (AvgIpc) is 1.78. The van der Waals surface area contributed by atoms with Gasteiger partial charge in [0.1, 0.15) is 25.2 Å². The molecule has 4 heteroatoms. The third-order valence-electron chi connectivity index (χ3n) is 1.78. The number of phenols is 1. The van der Waals surface area contributed by atoms with Gasteiger partial charge in [0.2, 0.25) is 0 Å². The molecule has 0 unspecified atom stereocenters. The Morgan fingerprint density at radius 2 is 1.62 bits per heavy atom. The van der Waals surface area contributed by atoms with E-state index in [1.165, 1.54) is 0 Å². The maximum Gasteiger partial charge on any atom is 0.132 e. The second-order valence-electron chi connectivity index (χ2n) is 4.03. The van der Waals surface area contributed by atoms with Crippen LogP contribution >= 0.6 is 0 Å². The fourth-order valence-corrected chi connectivity index (χ4v) is 1.28. The molecule has 70 valence electrons. The predicted molar refractivity (Wildman–Crippen MR) is 49.6 cm³/mol. The molecule has 0 bridgehead atoms. The van der Waals surface area contributed by atoms with E-state index in [2.05, 4.69) is 0 Å². The van der Waals surface area contributed by atoms with Crippen LogP contribution in [-0.2, 0) is 5.31 Å². The smallest absolute Gasteiger partial charge is 0.132 e. The number of aromatic hydroxyl groups is 1. The number of benzene rings is 1. The molecule has 1 N–H and O–H groups in total. The van der Waals surface area contributed by atoms with Crippen molar-refractivity contribution in [2.45, 2.75) is 19.2 Å². The molecule has 0 aliphatic carbocycles. The zero-order chi connectivity index (χ0) is 10.2. The zero-order valence-corrected chi connectivity index (χ0v) is 7.86. The minimum Gasteiger partial charge on any atom is -0.508 e. The Labute approximate surface area is 76.8 Å².